The highest BCUT2D eigenvalue weighted by molar-refractivity contribution is 8.20. The van der Waals surface area contributed by atoms with Crippen molar-refractivity contribution in [3.05, 3.63) is 71.3 Å². The molecule has 27 heavy (non-hydrogen) atoms. The Morgan fingerprint density at radius 3 is 2.56 bits per heavy atom. The van der Waals surface area contributed by atoms with Crippen molar-refractivity contribution < 1.29 is 18.0 Å². The van der Waals surface area contributed by atoms with Crippen molar-refractivity contribution >= 4 is 34.1 Å². The van der Waals surface area contributed by atoms with Gasteiger partial charge in [0.15, 0.2) is 5.04 Å². The van der Waals surface area contributed by atoms with Crippen LogP contribution < -0.4 is 10.3 Å². The fourth-order valence-electron chi connectivity index (χ4n) is 2.31. The number of para-hydroxylation sites is 1. The molecule has 0 saturated carbocycles. The van der Waals surface area contributed by atoms with E-state index in [1.165, 1.54) is 23.1 Å². The van der Waals surface area contributed by atoms with E-state index in [1.807, 2.05) is 6.07 Å². The first-order valence-electron chi connectivity index (χ1n) is 7.58. The molecule has 0 bridgehead atoms. The monoisotopic (exact) mass is 388 g/mol. The molecule has 0 radical (unpaired) electrons. The van der Waals surface area contributed by atoms with Crippen molar-refractivity contribution in [2.75, 3.05) is 10.3 Å². The number of benzene rings is 2. The maximum absolute atomic E-state index is 12.8. The molecular formula is C18H11F3N4OS. The zero-order valence-electron chi connectivity index (χ0n) is 13.6. The van der Waals surface area contributed by atoms with Gasteiger partial charge in [-0.3, -0.25) is 15.1 Å². The van der Waals surface area contributed by atoms with Crippen molar-refractivity contribution in [2.24, 2.45) is 5.10 Å². The number of anilines is 2. The number of hydrogen-bond acceptors (Lipinski definition) is 5. The van der Waals surface area contributed by atoms with Crippen LogP contribution in [-0.2, 0) is 11.0 Å². The summed E-state index contributed by atoms with van der Waals surface area (Å²) in [5, 5.41) is 13.2. The molecule has 5 nitrogen and oxygen atoms in total. The van der Waals surface area contributed by atoms with Crippen LogP contribution in [0.2, 0.25) is 0 Å². The zero-order valence-corrected chi connectivity index (χ0v) is 14.4. The summed E-state index contributed by atoms with van der Waals surface area (Å²) in [6.07, 6.45) is -3.27. The van der Waals surface area contributed by atoms with Gasteiger partial charge >= 0.3 is 6.18 Å². The number of nitriles is 1. The number of halogens is 3. The topological polar surface area (TPSA) is 68.5 Å². The van der Waals surface area contributed by atoms with E-state index in [1.54, 1.807) is 30.3 Å². The molecule has 136 valence electrons. The lowest BCUT2D eigenvalue weighted by atomic mass is 10.2. The summed E-state index contributed by atoms with van der Waals surface area (Å²) in [6, 6.07) is 15.0. The normalized spacial score (nSPS) is 17.4. The molecule has 0 aromatic heterocycles. The second-order valence-electron chi connectivity index (χ2n) is 5.30. The second kappa shape index (κ2) is 7.55. The predicted octanol–water partition coefficient (Wildman–Crippen LogP) is 4.58. The Hall–Kier alpha value is -3.25. The number of hydrogen-bond donors (Lipinski definition) is 1. The number of alkyl halides is 3. The molecule has 1 saturated heterocycles. The van der Waals surface area contributed by atoms with Gasteiger partial charge in [0.2, 0.25) is 0 Å². The average Bonchev–Trinajstić information content (AvgIpc) is 2.96. The Labute approximate surface area is 156 Å². The zero-order chi connectivity index (χ0) is 19.4. The van der Waals surface area contributed by atoms with Crippen LogP contribution in [0.15, 0.2) is 70.8 Å². The summed E-state index contributed by atoms with van der Waals surface area (Å²) >= 11 is 0.956. The van der Waals surface area contributed by atoms with Crippen LogP contribution in [-0.4, -0.2) is 11.0 Å². The fourth-order valence-corrected chi connectivity index (χ4v) is 3.17. The molecule has 1 N–H and O–H groups in total. The van der Waals surface area contributed by atoms with E-state index in [-0.39, 0.29) is 10.7 Å². The minimum absolute atomic E-state index is 0.0118. The number of hydrazone groups is 1. The summed E-state index contributed by atoms with van der Waals surface area (Å²) in [4.78, 5) is 14.0. The lowest BCUT2D eigenvalue weighted by Gasteiger charge is -2.15. The highest BCUT2D eigenvalue weighted by Gasteiger charge is 2.35. The van der Waals surface area contributed by atoms with Gasteiger partial charge in [0.05, 0.1) is 22.3 Å². The Balaban J connectivity index is 1.87. The largest absolute Gasteiger partial charge is 0.416 e. The molecule has 3 rings (SSSR count). The van der Waals surface area contributed by atoms with Crippen molar-refractivity contribution in [3.63, 3.8) is 0 Å². The molecule has 0 atom stereocenters. The summed E-state index contributed by atoms with van der Waals surface area (Å²) < 4.78 is 38.3. The van der Waals surface area contributed by atoms with Crippen molar-refractivity contribution in [1.29, 1.82) is 5.26 Å². The van der Waals surface area contributed by atoms with Crippen LogP contribution in [0.3, 0.4) is 0 Å². The Kier molecular flexibility index (Phi) is 5.19. The van der Waals surface area contributed by atoms with Crippen LogP contribution >= 0.6 is 11.8 Å². The summed E-state index contributed by atoms with van der Waals surface area (Å²) in [5.74, 6) is -0.479. The van der Waals surface area contributed by atoms with Gasteiger partial charge in [-0.1, -0.05) is 24.3 Å². The molecule has 1 aliphatic rings. The Morgan fingerprint density at radius 1 is 1.15 bits per heavy atom. The van der Waals surface area contributed by atoms with Crippen LogP contribution in [0, 0.1) is 11.3 Å². The van der Waals surface area contributed by atoms with Gasteiger partial charge in [0.25, 0.3) is 5.91 Å². The van der Waals surface area contributed by atoms with Gasteiger partial charge in [-0.15, -0.1) is 0 Å². The SMILES string of the molecule is N#CC=C1SC(=NNc2cccc(C(F)(F)F)c2)C(=O)N1c1ccccc1. The molecule has 0 spiro atoms. The number of carbonyl (C=O) groups excluding carboxylic acids is 1. The summed E-state index contributed by atoms with van der Waals surface area (Å²) in [7, 11) is 0. The van der Waals surface area contributed by atoms with Crippen LogP contribution in [0.25, 0.3) is 0 Å². The molecule has 1 amide bonds. The maximum atomic E-state index is 12.8. The number of nitrogens with one attached hydrogen (secondary N) is 1. The van der Waals surface area contributed by atoms with Gasteiger partial charge in [-0.05, 0) is 42.1 Å². The molecule has 0 aliphatic carbocycles. The Bertz CT molecular complexity index is 965. The molecule has 0 unspecified atom stereocenters. The minimum Gasteiger partial charge on any atom is -0.277 e. The van der Waals surface area contributed by atoms with Gasteiger partial charge < -0.3 is 0 Å². The molecular weight excluding hydrogens is 377 g/mol. The third kappa shape index (κ3) is 4.12. The lowest BCUT2D eigenvalue weighted by molar-refractivity contribution is -0.137. The number of nitrogens with zero attached hydrogens (tertiary/aromatic N) is 3. The van der Waals surface area contributed by atoms with E-state index in [0.717, 1.165) is 23.9 Å². The molecule has 2 aromatic carbocycles. The van der Waals surface area contributed by atoms with Crippen LogP contribution in [0.4, 0.5) is 24.5 Å². The lowest BCUT2D eigenvalue weighted by Crippen LogP contribution is -2.26. The molecule has 1 heterocycles. The smallest absolute Gasteiger partial charge is 0.277 e. The van der Waals surface area contributed by atoms with E-state index >= 15 is 0 Å². The van der Waals surface area contributed by atoms with Gasteiger partial charge in [-0.25, -0.2) is 0 Å². The third-order valence-electron chi connectivity index (χ3n) is 3.49. The Morgan fingerprint density at radius 2 is 1.89 bits per heavy atom. The standard InChI is InChI=1S/C18H11F3N4OS/c19-18(20,21)12-5-4-6-13(11-12)23-24-16-17(26)25(15(27-16)9-10-22)14-7-2-1-3-8-14/h1-9,11,23H. The van der Waals surface area contributed by atoms with Crippen molar-refractivity contribution in [3.8, 4) is 6.07 Å². The van der Waals surface area contributed by atoms with Crippen LogP contribution in [0.5, 0.6) is 0 Å². The first kappa shape index (κ1) is 18.5. The first-order chi connectivity index (χ1) is 12.9. The van der Waals surface area contributed by atoms with Crippen molar-refractivity contribution in [2.45, 2.75) is 6.18 Å². The van der Waals surface area contributed by atoms with E-state index in [4.69, 9.17) is 5.26 Å². The van der Waals surface area contributed by atoms with Gasteiger partial charge in [0, 0.05) is 11.8 Å². The van der Waals surface area contributed by atoms with E-state index < -0.39 is 17.6 Å². The predicted molar refractivity (Wildman–Crippen MR) is 97.7 cm³/mol. The number of rotatable bonds is 3. The second-order valence-corrected chi connectivity index (χ2v) is 6.31. The fraction of sp³-hybridized carbons (Fsp3) is 0.0556. The quantitative estimate of drug-likeness (QED) is 0.618. The third-order valence-corrected chi connectivity index (χ3v) is 4.46. The van der Waals surface area contributed by atoms with E-state index in [0.29, 0.717) is 10.7 Å². The minimum atomic E-state index is -4.48. The molecule has 9 heteroatoms. The summed E-state index contributed by atoms with van der Waals surface area (Å²) in [5.41, 5.74) is 2.30. The van der Waals surface area contributed by atoms with E-state index in [9.17, 15) is 18.0 Å². The van der Waals surface area contributed by atoms with Crippen molar-refractivity contribution in [1.82, 2.24) is 0 Å². The molecule has 2 aromatic rings. The van der Waals surface area contributed by atoms with Crippen LogP contribution in [0.1, 0.15) is 5.56 Å². The molecule has 1 fully saturated rings. The van der Waals surface area contributed by atoms with Gasteiger partial charge in [0.1, 0.15) is 0 Å². The molecule has 1 aliphatic heterocycles. The maximum Gasteiger partial charge on any atom is 0.416 e. The number of carbonyl (C=O) groups is 1. The number of thioether (sulfide) groups is 1. The number of allylic oxidation sites excluding steroid dienone is 1. The number of amides is 1. The van der Waals surface area contributed by atoms with E-state index in [2.05, 4.69) is 10.5 Å². The first-order valence-corrected chi connectivity index (χ1v) is 8.40. The summed E-state index contributed by atoms with van der Waals surface area (Å²) in [6.45, 7) is 0. The van der Waals surface area contributed by atoms with Gasteiger partial charge in [-0.2, -0.15) is 23.5 Å². The average molecular weight is 388 g/mol. The highest BCUT2D eigenvalue weighted by atomic mass is 32.2. The highest BCUT2D eigenvalue weighted by Crippen LogP contribution is 2.36.